The number of aromatic nitrogens is 5. The number of aliphatic hydroxyl groups excluding tert-OH is 1. The van der Waals surface area contributed by atoms with E-state index in [9.17, 15) is 14.3 Å². The summed E-state index contributed by atoms with van der Waals surface area (Å²) in [7, 11) is 0. The molecular formula is C31H24F2N6O3S. The molecule has 0 spiro atoms. The third-order valence-electron chi connectivity index (χ3n) is 6.90. The molecule has 12 heteroatoms. The Kier molecular flexibility index (Phi) is 7.61. The second kappa shape index (κ2) is 11.7. The lowest BCUT2D eigenvalue weighted by Crippen LogP contribution is -2.24. The first kappa shape index (κ1) is 28.1. The van der Waals surface area contributed by atoms with Crippen molar-refractivity contribution in [2.45, 2.75) is 13.0 Å². The highest BCUT2D eigenvalue weighted by atomic mass is 32.1. The molecule has 43 heavy (non-hydrogen) atoms. The van der Waals surface area contributed by atoms with Gasteiger partial charge in [-0.05, 0) is 36.6 Å². The van der Waals surface area contributed by atoms with Gasteiger partial charge in [-0.2, -0.15) is 15.3 Å². The number of amides is 1. The van der Waals surface area contributed by atoms with Crippen molar-refractivity contribution in [2.75, 3.05) is 13.2 Å². The molecule has 216 valence electrons. The Morgan fingerprint density at radius 3 is 2.72 bits per heavy atom. The smallest absolute Gasteiger partial charge is 0.243 e. The quantitative estimate of drug-likeness (QED) is 0.175. The van der Waals surface area contributed by atoms with Gasteiger partial charge in [0.15, 0.2) is 0 Å². The van der Waals surface area contributed by atoms with Crippen LogP contribution in [0, 0.1) is 11.6 Å². The third-order valence-corrected chi connectivity index (χ3v) is 7.83. The van der Waals surface area contributed by atoms with E-state index in [2.05, 4.69) is 32.3 Å². The van der Waals surface area contributed by atoms with Crippen molar-refractivity contribution in [3.8, 4) is 39.5 Å². The number of rotatable bonds is 9. The van der Waals surface area contributed by atoms with Crippen LogP contribution in [0.4, 0.5) is 8.78 Å². The molecule has 1 amide bonds. The minimum Gasteiger partial charge on any atom is -0.490 e. The van der Waals surface area contributed by atoms with Crippen LogP contribution >= 0.6 is 11.3 Å². The van der Waals surface area contributed by atoms with Gasteiger partial charge in [-0.25, -0.2) is 13.8 Å². The molecule has 1 unspecified atom stereocenters. The summed E-state index contributed by atoms with van der Waals surface area (Å²) in [5, 5.41) is 31.9. The number of fused-ring (bicyclic) bond motifs is 2. The fourth-order valence-electron chi connectivity index (χ4n) is 4.90. The molecule has 0 aliphatic rings. The summed E-state index contributed by atoms with van der Waals surface area (Å²) in [5.41, 5.74) is 2.99. The number of pyridine rings is 1. The maximum absolute atomic E-state index is 15.8. The lowest BCUT2D eigenvalue weighted by atomic mass is 9.96. The lowest BCUT2D eigenvalue weighted by Gasteiger charge is -2.17. The van der Waals surface area contributed by atoms with Gasteiger partial charge in [-0.3, -0.25) is 9.89 Å². The molecule has 0 saturated carbocycles. The maximum atomic E-state index is 15.8. The fraction of sp³-hybridized carbons (Fsp3) is 0.129. The molecule has 4 heterocycles. The largest absolute Gasteiger partial charge is 0.490 e. The van der Waals surface area contributed by atoms with Crippen molar-refractivity contribution in [1.82, 2.24) is 30.7 Å². The van der Waals surface area contributed by atoms with E-state index in [0.717, 1.165) is 33.9 Å². The van der Waals surface area contributed by atoms with Crippen molar-refractivity contribution in [3.63, 3.8) is 0 Å². The van der Waals surface area contributed by atoms with E-state index in [1.807, 2.05) is 29.6 Å². The molecule has 3 N–H and O–H groups in total. The van der Waals surface area contributed by atoms with E-state index in [0.29, 0.717) is 33.0 Å². The van der Waals surface area contributed by atoms with Gasteiger partial charge in [-0.1, -0.05) is 18.7 Å². The van der Waals surface area contributed by atoms with Crippen molar-refractivity contribution >= 4 is 38.1 Å². The van der Waals surface area contributed by atoms with Gasteiger partial charge >= 0.3 is 0 Å². The van der Waals surface area contributed by atoms with E-state index in [1.54, 1.807) is 25.4 Å². The molecule has 0 fully saturated rings. The number of nitrogens with one attached hydrogen (secondary N) is 2. The van der Waals surface area contributed by atoms with Crippen molar-refractivity contribution < 1.29 is 23.4 Å². The summed E-state index contributed by atoms with van der Waals surface area (Å²) >= 11 is 1.37. The van der Waals surface area contributed by atoms with E-state index in [-0.39, 0.29) is 30.4 Å². The zero-order chi connectivity index (χ0) is 30.1. The topological polar surface area (TPSA) is 126 Å². The Labute approximate surface area is 247 Å². The number of hydrogen-bond acceptors (Lipinski definition) is 8. The second-order valence-electron chi connectivity index (χ2n) is 9.66. The maximum Gasteiger partial charge on any atom is 0.243 e. The zero-order valence-corrected chi connectivity index (χ0v) is 23.6. The van der Waals surface area contributed by atoms with Crippen molar-refractivity contribution in [2.24, 2.45) is 0 Å². The summed E-state index contributed by atoms with van der Waals surface area (Å²) < 4.78 is 36.5. The number of aliphatic hydroxyl groups is 1. The van der Waals surface area contributed by atoms with Crippen molar-refractivity contribution in [3.05, 3.63) is 90.2 Å². The van der Waals surface area contributed by atoms with Crippen LogP contribution in [-0.4, -0.2) is 49.6 Å². The number of H-pyrrole nitrogens is 1. The number of hydrogen-bond donors (Lipinski definition) is 3. The molecule has 2 aromatic carbocycles. The zero-order valence-electron chi connectivity index (χ0n) is 22.8. The molecule has 0 aliphatic heterocycles. The van der Waals surface area contributed by atoms with Crippen LogP contribution in [0.5, 0.6) is 5.75 Å². The normalized spacial score (nSPS) is 12.0. The Bertz CT molecular complexity index is 2010. The van der Waals surface area contributed by atoms with E-state index in [1.165, 1.54) is 17.4 Å². The standard InChI is InChI=1S/C31H24F2N6O3S/c1-3-26(41)36-16(2)23-13-24(39-38-23)30-28(27-22(33)11-20(32)12-25(27)42-8-7-40)31-21(6-9-43-31)29(37-30)17-4-5-18-14-34-35-15-19(18)10-17/h3-6,9-16,40H,1,7-8H2,2H3,(H,36,41)(H,38,39). The average Bonchev–Trinajstić information content (AvgIpc) is 3.70. The summed E-state index contributed by atoms with van der Waals surface area (Å²) in [6, 6.07) is 10.8. The lowest BCUT2D eigenvalue weighted by molar-refractivity contribution is -0.117. The molecule has 9 nitrogen and oxygen atoms in total. The van der Waals surface area contributed by atoms with Gasteiger partial charge in [0.2, 0.25) is 5.91 Å². The predicted molar refractivity (Wildman–Crippen MR) is 160 cm³/mol. The van der Waals surface area contributed by atoms with Gasteiger partial charge < -0.3 is 15.2 Å². The van der Waals surface area contributed by atoms with Crippen LogP contribution in [0.25, 0.3) is 54.6 Å². The molecular weight excluding hydrogens is 574 g/mol. The predicted octanol–water partition coefficient (Wildman–Crippen LogP) is 5.98. The fourth-order valence-corrected chi connectivity index (χ4v) is 5.84. The summed E-state index contributed by atoms with van der Waals surface area (Å²) in [5.74, 6) is -2.12. The van der Waals surface area contributed by atoms with Crippen LogP contribution in [0.3, 0.4) is 0 Å². The molecule has 1 atom stereocenters. The van der Waals surface area contributed by atoms with Gasteiger partial charge in [0, 0.05) is 44.1 Å². The van der Waals surface area contributed by atoms with Crippen LogP contribution in [0.2, 0.25) is 0 Å². The highest BCUT2D eigenvalue weighted by Gasteiger charge is 2.27. The summed E-state index contributed by atoms with van der Waals surface area (Å²) in [4.78, 5) is 17.0. The molecule has 6 aromatic rings. The molecule has 0 saturated heterocycles. The number of benzene rings is 2. The SMILES string of the molecule is C=CC(=O)NC(C)c1cc(-c2nc(-c3ccc4cnncc4c3)c3ccsc3c2-c2c(F)cc(F)cc2OCCO)n[nH]1. The van der Waals surface area contributed by atoms with Crippen LogP contribution in [0.1, 0.15) is 18.7 Å². The van der Waals surface area contributed by atoms with Gasteiger partial charge in [0.1, 0.15) is 35.4 Å². The molecule has 0 radical (unpaired) electrons. The van der Waals surface area contributed by atoms with E-state index >= 15 is 4.39 Å². The molecule has 4 aromatic heterocycles. The summed E-state index contributed by atoms with van der Waals surface area (Å²) in [6.07, 6.45) is 4.51. The van der Waals surface area contributed by atoms with Gasteiger partial charge in [0.25, 0.3) is 0 Å². The highest BCUT2D eigenvalue weighted by molar-refractivity contribution is 7.18. The number of carbonyl (C=O) groups excluding carboxylic acids is 1. The highest BCUT2D eigenvalue weighted by Crippen LogP contribution is 2.47. The third kappa shape index (κ3) is 5.33. The molecule has 0 bridgehead atoms. The first-order valence-corrected chi connectivity index (χ1v) is 14.1. The van der Waals surface area contributed by atoms with Gasteiger partial charge in [0.05, 0.1) is 42.0 Å². The number of carbonyl (C=O) groups is 1. The van der Waals surface area contributed by atoms with E-state index in [4.69, 9.17) is 9.72 Å². The minimum atomic E-state index is -0.856. The Hall–Kier alpha value is -5.07. The molecule has 0 aliphatic carbocycles. The number of thiophene rings is 1. The van der Waals surface area contributed by atoms with Crippen LogP contribution in [0.15, 0.2) is 72.9 Å². The average molecular weight is 599 g/mol. The Morgan fingerprint density at radius 2 is 1.93 bits per heavy atom. The van der Waals surface area contributed by atoms with Crippen molar-refractivity contribution in [1.29, 1.82) is 0 Å². The number of aromatic amines is 1. The van der Waals surface area contributed by atoms with Crippen LogP contribution < -0.4 is 10.1 Å². The first-order valence-electron chi connectivity index (χ1n) is 13.2. The number of nitrogens with zero attached hydrogens (tertiary/aromatic N) is 4. The monoisotopic (exact) mass is 598 g/mol. The second-order valence-corrected chi connectivity index (χ2v) is 10.6. The first-order chi connectivity index (χ1) is 20.9. The van der Waals surface area contributed by atoms with Gasteiger partial charge in [-0.15, -0.1) is 11.3 Å². The minimum absolute atomic E-state index is 0.0114. The number of ether oxygens (including phenoxy) is 1. The molecule has 6 rings (SSSR count). The number of halogens is 2. The Morgan fingerprint density at radius 1 is 1.12 bits per heavy atom. The van der Waals surface area contributed by atoms with Crippen LogP contribution in [-0.2, 0) is 4.79 Å². The summed E-state index contributed by atoms with van der Waals surface area (Å²) in [6.45, 7) is 4.75. The Balaban J connectivity index is 1.63. The van der Waals surface area contributed by atoms with E-state index < -0.39 is 17.7 Å².